The van der Waals surface area contributed by atoms with Gasteiger partial charge in [-0.05, 0) is 18.2 Å². The lowest BCUT2D eigenvalue weighted by Crippen LogP contribution is -2.59. The largest absolute Gasteiger partial charge is 0.375 e. The second kappa shape index (κ2) is 11.6. The van der Waals surface area contributed by atoms with E-state index in [1.165, 1.54) is 35.9 Å². The maximum Gasteiger partial charge on any atom is 0.194 e. The third kappa shape index (κ3) is 5.44. The van der Waals surface area contributed by atoms with E-state index in [9.17, 15) is 18.4 Å². The second-order valence-electron chi connectivity index (χ2n) is 9.39. The summed E-state index contributed by atoms with van der Waals surface area (Å²) < 4.78 is 67.8. The van der Waals surface area contributed by atoms with Crippen LogP contribution in [-0.4, -0.2) is 57.4 Å². The molecule has 4 heterocycles. The molecule has 6 atom stereocenters. The first-order chi connectivity index (χ1) is 19.9. The minimum absolute atomic E-state index is 0.0191. The van der Waals surface area contributed by atoms with Crippen LogP contribution in [0.5, 0.6) is 0 Å². The van der Waals surface area contributed by atoms with Crippen molar-refractivity contribution in [2.24, 2.45) is 0 Å². The van der Waals surface area contributed by atoms with E-state index in [-0.39, 0.29) is 17.9 Å². The summed E-state index contributed by atoms with van der Waals surface area (Å²) in [5, 5.41) is 17.7. The number of aromatic nitrogens is 4. The van der Waals surface area contributed by atoms with Crippen molar-refractivity contribution in [2.75, 3.05) is 13.7 Å². The molecule has 2 aliphatic rings. The summed E-state index contributed by atoms with van der Waals surface area (Å²) in [6.07, 6.45) is 2.04. The molecule has 2 aromatic carbocycles. The topological polar surface area (TPSA) is 104 Å². The third-order valence-electron chi connectivity index (χ3n) is 6.84. The van der Waals surface area contributed by atoms with Crippen molar-refractivity contribution in [3.63, 3.8) is 0 Å². The van der Waals surface area contributed by atoms with E-state index in [0.29, 0.717) is 10.5 Å². The van der Waals surface area contributed by atoms with Gasteiger partial charge in [0.25, 0.3) is 0 Å². The number of hydrogen-bond donors (Lipinski definition) is 0. The number of rotatable bonds is 6. The maximum absolute atomic E-state index is 14.0. The summed E-state index contributed by atoms with van der Waals surface area (Å²) in [6, 6.07) is 14.3. The molecule has 0 bridgehead atoms. The average molecular weight is 582 g/mol. The Labute approximate surface area is 236 Å². The van der Waals surface area contributed by atoms with Gasteiger partial charge in [-0.25, -0.2) is 17.9 Å². The molecule has 0 N–H and O–H groups in total. The van der Waals surface area contributed by atoms with Gasteiger partial charge in [0.15, 0.2) is 23.7 Å². The Morgan fingerprint density at radius 2 is 1.85 bits per heavy atom. The van der Waals surface area contributed by atoms with Gasteiger partial charge in [-0.2, -0.15) is 5.26 Å². The number of fused-ring (bicyclic) bond motifs is 1. The molecule has 13 heteroatoms. The Hall–Kier alpha value is -3.80. The molecule has 2 saturated heterocycles. The van der Waals surface area contributed by atoms with Gasteiger partial charge in [-0.15, -0.1) is 5.10 Å². The highest BCUT2D eigenvalue weighted by atomic mass is 32.2. The molecule has 4 unspecified atom stereocenters. The van der Waals surface area contributed by atoms with Crippen molar-refractivity contribution in [2.45, 2.75) is 41.0 Å². The number of thioether (sulfide) groups is 1. The predicted octanol–water partition coefficient (Wildman–Crippen LogP) is 4.82. The van der Waals surface area contributed by atoms with Gasteiger partial charge >= 0.3 is 0 Å². The van der Waals surface area contributed by atoms with E-state index in [1.54, 1.807) is 12.3 Å². The number of halogens is 3. The molecule has 2 aliphatic heterocycles. The van der Waals surface area contributed by atoms with Crippen molar-refractivity contribution in [1.29, 1.82) is 5.26 Å². The van der Waals surface area contributed by atoms with Crippen molar-refractivity contribution >= 4 is 11.8 Å². The SMILES string of the molecule is COC1C(n2cc(-c3cc(F)c(F)c(F)c3)nn2)[C@H]2OC(c3ccccc3)OCC2O[C@@H]1Sc1cncc(C#N)c1. The van der Waals surface area contributed by atoms with Crippen LogP contribution in [0.15, 0.2) is 72.0 Å². The number of hydrogen-bond acceptors (Lipinski definition) is 9. The average Bonchev–Trinajstić information content (AvgIpc) is 3.49. The molecule has 4 aromatic rings. The van der Waals surface area contributed by atoms with Crippen LogP contribution in [0.2, 0.25) is 0 Å². The van der Waals surface area contributed by atoms with Crippen molar-refractivity contribution < 1.29 is 32.1 Å². The minimum atomic E-state index is -1.56. The van der Waals surface area contributed by atoms with E-state index in [0.717, 1.165) is 17.7 Å². The zero-order valence-electron chi connectivity index (χ0n) is 21.4. The summed E-state index contributed by atoms with van der Waals surface area (Å²) in [6.45, 7) is 0.195. The molecule has 2 aromatic heterocycles. The monoisotopic (exact) mass is 581 g/mol. The van der Waals surface area contributed by atoms with E-state index in [4.69, 9.17) is 18.9 Å². The summed E-state index contributed by atoms with van der Waals surface area (Å²) in [4.78, 5) is 4.81. The van der Waals surface area contributed by atoms with Crippen LogP contribution in [-0.2, 0) is 18.9 Å². The third-order valence-corrected chi connectivity index (χ3v) is 7.95. The van der Waals surface area contributed by atoms with Crippen LogP contribution in [0.4, 0.5) is 13.2 Å². The molecule has 0 saturated carbocycles. The van der Waals surface area contributed by atoms with Crippen molar-refractivity contribution in [1.82, 2.24) is 20.0 Å². The van der Waals surface area contributed by atoms with Crippen LogP contribution in [0.3, 0.4) is 0 Å². The van der Waals surface area contributed by atoms with Gasteiger partial charge < -0.3 is 18.9 Å². The minimum Gasteiger partial charge on any atom is -0.375 e. The summed E-state index contributed by atoms with van der Waals surface area (Å²) in [5.41, 5.74) is 0.735. The fraction of sp³-hybridized carbons (Fsp3) is 0.286. The van der Waals surface area contributed by atoms with Crippen LogP contribution < -0.4 is 0 Å². The lowest BCUT2D eigenvalue weighted by Gasteiger charge is -2.48. The van der Waals surface area contributed by atoms with Crippen LogP contribution in [0.25, 0.3) is 11.3 Å². The first-order valence-electron chi connectivity index (χ1n) is 12.5. The second-order valence-corrected chi connectivity index (χ2v) is 10.6. The Bertz CT molecular complexity index is 1560. The molecule has 0 amide bonds. The summed E-state index contributed by atoms with van der Waals surface area (Å²) >= 11 is 1.31. The van der Waals surface area contributed by atoms with Gasteiger partial charge in [0.2, 0.25) is 0 Å². The molecular formula is C28H22F3N5O4S. The summed E-state index contributed by atoms with van der Waals surface area (Å²) in [5.74, 6) is -4.23. The van der Waals surface area contributed by atoms with Crippen LogP contribution >= 0.6 is 11.8 Å². The van der Waals surface area contributed by atoms with Gasteiger partial charge in [-0.1, -0.05) is 47.3 Å². The van der Waals surface area contributed by atoms with E-state index in [1.807, 2.05) is 30.3 Å². The molecular weight excluding hydrogens is 559 g/mol. The van der Waals surface area contributed by atoms with Crippen LogP contribution in [0, 0.1) is 28.8 Å². The van der Waals surface area contributed by atoms with Gasteiger partial charge in [-0.3, -0.25) is 4.98 Å². The first-order valence-corrected chi connectivity index (χ1v) is 13.4. The molecule has 9 nitrogen and oxygen atoms in total. The fourth-order valence-corrected chi connectivity index (χ4v) is 6.12. The zero-order valence-corrected chi connectivity index (χ0v) is 22.2. The Morgan fingerprint density at radius 3 is 2.59 bits per heavy atom. The molecule has 2 fully saturated rings. The van der Waals surface area contributed by atoms with Gasteiger partial charge in [0, 0.05) is 35.5 Å². The van der Waals surface area contributed by atoms with Crippen molar-refractivity contribution in [3.8, 4) is 17.3 Å². The number of ether oxygens (including phenoxy) is 4. The number of nitrogens with zero attached hydrogens (tertiary/aromatic N) is 5. The highest BCUT2D eigenvalue weighted by molar-refractivity contribution is 7.99. The fourth-order valence-electron chi connectivity index (χ4n) is 4.93. The smallest absolute Gasteiger partial charge is 0.194 e. The zero-order chi connectivity index (χ0) is 28.5. The van der Waals surface area contributed by atoms with E-state index >= 15 is 0 Å². The maximum atomic E-state index is 14.0. The number of benzene rings is 2. The Kier molecular flexibility index (Phi) is 7.74. The van der Waals surface area contributed by atoms with Crippen LogP contribution in [0.1, 0.15) is 23.5 Å². The van der Waals surface area contributed by atoms with Gasteiger partial charge in [0.1, 0.15) is 41.6 Å². The highest BCUT2D eigenvalue weighted by Gasteiger charge is 2.52. The molecule has 0 aliphatic carbocycles. The lowest BCUT2D eigenvalue weighted by molar-refractivity contribution is -0.308. The van der Waals surface area contributed by atoms with Gasteiger partial charge in [0.05, 0.1) is 18.4 Å². The number of nitriles is 1. The molecule has 210 valence electrons. The van der Waals surface area contributed by atoms with E-state index in [2.05, 4.69) is 21.4 Å². The molecule has 6 rings (SSSR count). The normalized spacial score (nSPS) is 25.8. The quantitative estimate of drug-likeness (QED) is 0.297. The number of pyridine rings is 1. The van der Waals surface area contributed by atoms with E-state index < -0.39 is 53.5 Å². The Balaban J connectivity index is 1.37. The molecule has 41 heavy (non-hydrogen) atoms. The standard InChI is InChI=1S/C28H22F3N5O4S/c1-37-26-24(36-13-21(34-35-36)17-8-19(29)23(31)20(30)9-17)25-22(14-38-27(40-25)16-5-3-2-4-6-16)39-28(26)41-18-7-15(10-32)11-33-12-18/h2-9,11-13,22,24-28H,14H2,1H3/t22?,24?,25-,26?,27?,28+/m0/s1. The molecule has 0 radical (unpaired) electrons. The summed E-state index contributed by atoms with van der Waals surface area (Å²) in [7, 11) is 1.52. The first kappa shape index (κ1) is 27.4. The highest BCUT2D eigenvalue weighted by Crippen LogP contribution is 2.44. The molecule has 0 spiro atoms. The lowest BCUT2D eigenvalue weighted by atomic mass is 9.95. The number of methoxy groups -OCH3 is 1. The van der Waals surface area contributed by atoms with Crippen molar-refractivity contribution in [3.05, 3.63) is 95.7 Å². The Morgan fingerprint density at radius 1 is 1.07 bits per heavy atom. The predicted molar refractivity (Wildman–Crippen MR) is 139 cm³/mol.